The van der Waals surface area contributed by atoms with Gasteiger partial charge in [-0.3, -0.25) is 9.69 Å². The first kappa shape index (κ1) is 13.6. The topological polar surface area (TPSA) is 29.5 Å². The van der Waals surface area contributed by atoms with Gasteiger partial charge in [-0.1, -0.05) is 25.1 Å². The van der Waals surface area contributed by atoms with Gasteiger partial charge in [-0.2, -0.15) is 0 Å². The number of benzene rings is 1. The highest BCUT2D eigenvalue weighted by atomic mass is 32.2. The van der Waals surface area contributed by atoms with E-state index >= 15 is 0 Å². The van der Waals surface area contributed by atoms with Gasteiger partial charge in [-0.25, -0.2) is 0 Å². The van der Waals surface area contributed by atoms with Gasteiger partial charge in [0.1, 0.15) is 11.4 Å². The quantitative estimate of drug-likeness (QED) is 0.618. The molecule has 0 amide bonds. The molecule has 2 aliphatic carbocycles. The molecule has 4 heteroatoms. The van der Waals surface area contributed by atoms with Crippen molar-refractivity contribution in [3.05, 3.63) is 30.3 Å². The number of hydrogen-bond donors (Lipinski definition) is 0. The predicted molar refractivity (Wildman–Crippen MR) is 83.3 cm³/mol. The number of nitrogens with zero attached hydrogens (tertiary/aromatic N) is 1. The largest absolute Gasteiger partial charge is 0.461 e. The zero-order valence-electron chi connectivity index (χ0n) is 12.5. The number of piperidine rings is 1. The van der Waals surface area contributed by atoms with Crippen LogP contribution in [0.2, 0.25) is 0 Å². The first-order valence-electron chi connectivity index (χ1n) is 7.81. The van der Waals surface area contributed by atoms with Gasteiger partial charge < -0.3 is 4.74 Å². The summed E-state index contributed by atoms with van der Waals surface area (Å²) in [6, 6.07) is 11.5. The molecule has 1 spiro atoms. The summed E-state index contributed by atoms with van der Waals surface area (Å²) < 4.78 is 5.85. The maximum atomic E-state index is 12.4. The molecule has 5 atom stereocenters. The Morgan fingerprint density at radius 2 is 2.19 bits per heavy atom. The van der Waals surface area contributed by atoms with Crippen molar-refractivity contribution in [2.45, 2.75) is 54.5 Å². The van der Waals surface area contributed by atoms with E-state index < -0.39 is 0 Å². The molecule has 4 unspecified atom stereocenters. The van der Waals surface area contributed by atoms with Gasteiger partial charge in [-0.15, -0.1) is 11.8 Å². The first-order valence-corrected chi connectivity index (χ1v) is 8.69. The van der Waals surface area contributed by atoms with Crippen molar-refractivity contribution in [3.8, 4) is 0 Å². The number of carbonyl (C=O) groups is 1. The average molecular weight is 303 g/mol. The molecule has 3 fully saturated rings. The molecule has 1 heterocycles. The Morgan fingerprint density at radius 1 is 1.43 bits per heavy atom. The van der Waals surface area contributed by atoms with E-state index in [2.05, 4.69) is 31.0 Å². The number of thioether (sulfide) groups is 1. The third kappa shape index (κ3) is 1.88. The second kappa shape index (κ2) is 4.75. The zero-order valence-corrected chi connectivity index (χ0v) is 13.3. The van der Waals surface area contributed by atoms with E-state index in [9.17, 15) is 4.79 Å². The fourth-order valence-corrected chi connectivity index (χ4v) is 5.18. The molecule has 1 saturated heterocycles. The third-order valence-corrected chi connectivity index (χ3v) is 6.92. The summed E-state index contributed by atoms with van der Waals surface area (Å²) >= 11 is 1.62. The molecule has 3 aliphatic rings. The van der Waals surface area contributed by atoms with Crippen LogP contribution in [0.5, 0.6) is 0 Å². The Balaban J connectivity index is 1.36. The van der Waals surface area contributed by atoms with Crippen LogP contribution in [-0.2, 0) is 9.53 Å². The van der Waals surface area contributed by atoms with Gasteiger partial charge in [-0.05, 0) is 32.0 Å². The highest BCUT2D eigenvalue weighted by molar-refractivity contribution is 8.00. The summed E-state index contributed by atoms with van der Waals surface area (Å²) in [5, 5.41) is -0.0853. The van der Waals surface area contributed by atoms with Gasteiger partial charge in [0, 0.05) is 28.8 Å². The predicted octanol–water partition coefficient (Wildman–Crippen LogP) is 2.95. The summed E-state index contributed by atoms with van der Waals surface area (Å²) in [6.45, 7) is 2.06. The van der Waals surface area contributed by atoms with E-state index in [1.54, 1.807) is 11.8 Å². The maximum absolute atomic E-state index is 12.4. The van der Waals surface area contributed by atoms with E-state index in [1.165, 1.54) is 6.42 Å². The van der Waals surface area contributed by atoms with E-state index in [1.807, 2.05) is 18.2 Å². The molecule has 2 saturated carbocycles. The lowest BCUT2D eigenvalue weighted by Gasteiger charge is -2.58. The molecule has 0 N–H and O–H groups in total. The smallest absolute Gasteiger partial charge is 0.319 e. The summed E-state index contributed by atoms with van der Waals surface area (Å²) in [6.07, 6.45) is 3.26. The molecule has 0 aromatic heterocycles. The lowest BCUT2D eigenvalue weighted by Crippen LogP contribution is -2.68. The second-order valence-electron chi connectivity index (χ2n) is 6.50. The SMILES string of the molecule is CCC(Sc1ccccc1)C(=O)OC1CC2N(C)C3C[C@]123. The van der Waals surface area contributed by atoms with Crippen molar-refractivity contribution >= 4 is 17.7 Å². The lowest BCUT2D eigenvalue weighted by molar-refractivity contribution is -0.190. The summed E-state index contributed by atoms with van der Waals surface area (Å²) in [5.41, 5.74) is 0.361. The number of esters is 1. The van der Waals surface area contributed by atoms with Crippen LogP contribution in [0.15, 0.2) is 35.2 Å². The van der Waals surface area contributed by atoms with Crippen molar-refractivity contribution < 1.29 is 9.53 Å². The molecule has 1 aromatic carbocycles. The Kier molecular flexibility index (Phi) is 3.09. The van der Waals surface area contributed by atoms with Gasteiger partial charge in [0.15, 0.2) is 0 Å². The number of rotatable bonds is 5. The van der Waals surface area contributed by atoms with Crippen LogP contribution < -0.4 is 0 Å². The van der Waals surface area contributed by atoms with E-state index in [4.69, 9.17) is 4.74 Å². The Morgan fingerprint density at radius 3 is 2.81 bits per heavy atom. The van der Waals surface area contributed by atoms with Crippen LogP contribution in [0.3, 0.4) is 0 Å². The minimum Gasteiger partial charge on any atom is -0.461 e. The summed E-state index contributed by atoms with van der Waals surface area (Å²) in [4.78, 5) is 16.0. The molecule has 3 nitrogen and oxygen atoms in total. The average Bonchev–Trinajstić information content (AvgIpc) is 3.24. The zero-order chi connectivity index (χ0) is 14.6. The minimum atomic E-state index is -0.0853. The molecular weight excluding hydrogens is 282 g/mol. The molecule has 1 aromatic rings. The number of hydrogen-bond acceptors (Lipinski definition) is 4. The molecule has 4 rings (SSSR count). The normalized spacial score (nSPS) is 37.5. The standard InChI is InChI=1S/C17H21NO2S/c1-3-12(21-11-7-5-4-6-8-11)16(19)20-15-9-13-17(15)10-14(17)18(13)2/h4-8,12-15H,3,9-10H2,1-2H3/t12?,13?,14?,15?,17-/m0/s1. The van der Waals surface area contributed by atoms with Crippen LogP contribution >= 0.6 is 11.8 Å². The Labute approximate surface area is 130 Å². The van der Waals surface area contributed by atoms with Gasteiger partial charge in [0.2, 0.25) is 0 Å². The van der Waals surface area contributed by atoms with E-state index in [0.29, 0.717) is 17.5 Å². The third-order valence-electron chi connectivity index (χ3n) is 5.56. The minimum absolute atomic E-state index is 0.0237. The van der Waals surface area contributed by atoms with Gasteiger partial charge in [0.05, 0.1) is 0 Å². The maximum Gasteiger partial charge on any atom is 0.319 e. The Hall–Kier alpha value is -1.00. The fraction of sp³-hybridized carbons (Fsp3) is 0.588. The lowest BCUT2D eigenvalue weighted by atomic mass is 9.66. The number of ether oxygens (including phenoxy) is 1. The number of carbonyl (C=O) groups excluding carboxylic acids is 1. The van der Waals surface area contributed by atoms with Crippen molar-refractivity contribution in [1.29, 1.82) is 0 Å². The van der Waals surface area contributed by atoms with Crippen LogP contribution in [0.1, 0.15) is 26.2 Å². The van der Waals surface area contributed by atoms with Gasteiger partial charge >= 0.3 is 5.97 Å². The van der Waals surface area contributed by atoms with Crippen LogP contribution in [0.25, 0.3) is 0 Å². The van der Waals surface area contributed by atoms with Crippen LogP contribution in [0, 0.1) is 5.41 Å². The summed E-state index contributed by atoms with van der Waals surface area (Å²) in [7, 11) is 2.19. The summed E-state index contributed by atoms with van der Waals surface area (Å²) in [5.74, 6) is -0.0237. The first-order chi connectivity index (χ1) is 10.2. The molecule has 1 aliphatic heterocycles. The second-order valence-corrected chi connectivity index (χ2v) is 7.78. The van der Waals surface area contributed by atoms with E-state index in [0.717, 1.165) is 17.7 Å². The number of likely N-dealkylation sites (tertiary alicyclic amines) is 1. The van der Waals surface area contributed by atoms with Crippen molar-refractivity contribution in [1.82, 2.24) is 4.90 Å². The van der Waals surface area contributed by atoms with Crippen molar-refractivity contribution in [2.75, 3.05) is 7.05 Å². The van der Waals surface area contributed by atoms with Gasteiger partial charge in [0.25, 0.3) is 0 Å². The van der Waals surface area contributed by atoms with E-state index in [-0.39, 0.29) is 17.3 Å². The molecule has 112 valence electrons. The van der Waals surface area contributed by atoms with Crippen molar-refractivity contribution in [3.63, 3.8) is 0 Å². The molecular formula is C17H21NO2S. The van der Waals surface area contributed by atoms with Crippen LogP contribution in [0.4, 0.5) is 0 Å². The van der Waals surface area contributed by atoms with Crippen LogP contribution in [-0.4, -0.2) is 41.4 Å². The molecule has 0 bridgehead atoms. The Bertz CT molecular complexity index is 563. The highest BCUT2D eigenvalue weighted by Gasteiger charge is 2.82. The van der Waals surface area contributed by atoms with Crippen molar-refractivity contribution in [2.24, 2.45) is 5.41 Å². The highest BCUT2D eigenvalue weighted by Crippen LogP contribution is 2.73. The fourth-order valence-electron chi connectivity index (χ4n) is 4.21. The molecule has 21 heavy (non-hydrogen) atoms. The molecule has 0 radical (unpaired) electrons. The monoisotopic (exact) mass is 303 g/mol.